The summed E-state index contributed by atoms with van der Waals surface area (Å²) in [7, 11) is -1.24. The number of fused-ring (bicyclic) bond motifs is 2. The highest BCUT2D eigenvalue weighted by atomic mass is 31.1. The molecule has 1 aromatic carbocycles. The predicted octanol–water partition coefficient (Wildman–Crippen LogP) is 5.72. The number of carbonyl (C=O) groups excluding carboxylic acids is 2. The average molecular weight is 444 g/mol. The lowest BCUT2D eigenvalue weighted by molar-refractivity contribution is -0.142. The van der Waals surface area contributed by atoms with Crippen molar-refractivity contribution in [2.45, 2.75) is 66.5 Å². The van der Waals surface area contributed by atoms with E-state index in [9.17, 15) is 9.59 Å². The van der Waals surface area contributed by atoms with Crippen LogP contribution in [-0.4, -0.2) is 35.4 Å². The molecule has 0 saturated carbocycles. The summed E-state index contributed by atoms with van der Waals surface area (Å²) in [5, 5.41) is 1.65. The molecule has 2 heterocycles. The molecule has 2 atom stereocenters. The number of rotatable bonds is 5. The molecule has 168 valence electrons. The van der Waals surface area contributed by atoms with Gasteiger partial charge in [-0.25, -0.2) is 9.59 Å². The molecule has 1 aromatic rings. The summed E-state index contributed by atoms with van der Waals surface area (Å²) in [4.78, 5) is 26.8. The minimum absolute atomic E-state index is 0.177. The topological polar surface area (TPSA) is 55.8 Å². The Hall–Kier alpha value is -1.97. The number of benzene rings is 1. The number of esters is 2. The molecule has 0 fully saturated rings. The molecule has 2 bridgehead atoms. The van der Waals surface area contributed by atoms with E-state index in [1.807, 2.05) is 30.3 Å². The van der Waals surface area contributed by atoms with Gasteiger partial charge in [0.15, 0.2) is 0 Å². The quantitative estimate of drug-likeness (QED) is 0.431. The second kappa shape index (κ2) is 8.18. The third-order valence-corrected chi connectivity index (χ3v) is 8.91. The molecular formula is C25H34NO4P. The molecule has 6 heteroatoms. The largest absolute Gasteiger partial charge is 0.463 e. The van der Waals surface area contributed by atoms with Gasteiger partial charge in [-0.05, 0) is 57.0 Å². The zero-order chi connectivity index (χ0) is 23.2. The lowest BCUT2D eigenvalue weighted by Gasteiger charge is -2.45. The van der Waals surface area contributed by atoms with Gasteiger partial charge < -0.3 is 9.47 Å². The highest BCUT2D eigenvalue weighted by Crippen LogP contribution is 2.78. The Labute approximate surface area is 187 Å². The molecule has 2 aliphatic rings. The van der Waals surface area contributed by atoms with Gasteiger partial charge in [0.25, 0.3) is 0 Å². The van der Waals surface area contributed by atoms with Gasteiger partial charge >= 0.3 is 11.9 Å². The van der Waals surface area contributed by atoms with Crippen LogP contribution in [0.4, 0.5) is 0 Å². The van der Waals surface area contributed by atoms with Crippen molar-refractivity contribution in [3.05, 3.63) is 58.2 Å². The van der Waals surface area contributed by atoms with E-state index < -0.39 is 25.5 Å². The van der Waals surface area contributed by atoms with E-state index in [2.05, 4.69) is 52.3 Å². The van der Waals surface area contributed by atoms with Crippen molar-refractivity contribution >= 4 is 20.0 Å². The maximum atomic E-state index is 13.4. The molecule has 0 aromatic heterocycles. The van der Waals surface area contributed by atoms with Crippen LogP contribution < -0.4 is 0 Å². The van der Waals surface area contributed by atoms with E-state index in [1.54, 1.807) is 13.8 Å². The van der Waals surface area contributed by atoms with Crippen LogP contribution in [0.15, 0.2) is 52.6 Å². The Balaban J connectivity index is 2.44. The van der Waals surface area contributed by atoms with Crippen LogP contribution in [-0.2, 0) is 24.6 Å². The van der Waals surface area contributed by atoms with Crippen LogP contribution in [0.2, 0.25) is 0 Å². The average Bonchev–Trinajstić information content (AvgIpc) is 3.19. The van der Waals surface area contributed by atoms with E-state index in [-0.39, 0.29) is 24.2 Å². The maximum Gasteiger partial charge on any atom is 0.340 e. The molecular weight excluding hydrogens is 409 g/mol. The smallest absolute Gasteiger partial charge is 0.340 e. The Kier molecular flexibility index (Phi) is 6.25. The van der Waals surface area contributed by atoms with Gasteiger partial charge in [-0.2, -0.15) is 0 Å². The van der Waals surface area contributed by atoms with Crippen molar-refractivity contribution in [3.8, 4) is 0 Å². The van der Waals surface area contributed by atoms with Gasteiger partial charge in [-0.1, -0.05) is 51.1 Å². The fourth-order valence-electron chi connectivity index (χ4n) is 4.52. The molecule has 31 heavy (non-hydrogen) atoms. The number of nitrogens with zero attached hydrogens (tertiary/aromatic N) is 1. The monoisotopic (exact) mass is 443 g/mol. The lowest BCUT2D eigenvalue weighted by atomic mass is 9.77. The number of allylic oxidation sites excluding steroid dienone is 1. The number of carbonyl (C=O) groups is 2. The van der Waals surface area contributed by atoms with Crippen molar-refractivity contribution in [1.82, 2.24) is 4.67 Å². The second-order valence-corrected chi connectivity index (χ2v) is 11.8. The van der Waals surface area contributed by atoms with Crippen molar-refractivity contribution in [2.24, 2.45) is 5.41 Å². The summed E-state index contributed by atoms with van der Waals surface area (Å²) in [5.74, 6) is -0.864. The van der Waals surface area contributed by atoms with Crippen molar-refractivity contribution in [1.29, 1.82) is 0 Å². The third-order valence-electron chi connectivity index (χ3n) is 5.50. The molecule has 0 amide bonds. The van der Waals surface area contributed by atoms with Crippen LogP contribution in [0, 0.1) is 5.41 Å². The fraction of sp³-hybridized carbons (Fsp3) is 0.520. The highest BCUT2D eigenvalue weighted by molar-refractivity contribution is 7.66. The summed E-state index contributed by atoms with van der Waals surface area (Å²) in [6.07, 6.45) is 2.22. The molecule has 3 rings (SSSR count). The first-order valence-corrected chi connectivity index (χ1v) is 12.2. The van der Waals surface area contributed by atoms with Crippen LogP contribution in [0.5, 0.6) is 0 Å². The van der Waals surface area contributed by atoms with Gasteiger partial charge in [0.1, 0.15) is 5.54 Å². The fourth-order valence-corrected chi connectivity index (χ4v) is 8.02. The molecule has 1 unspecified atom stereocenters. The second-order valence-electron chi connectivity index (χ2n) is 9.87. The summed E-state index contributed by atoms with van der Waals surface area (Å²) < 4.78 is 13.4. The number of hydrogen-bond acceptors (Lipinski definition) is 5. The molecule has 2 aliphatic heterocycles. The van der Waals surface area contributed by atoms with E-state index >= 15 is 0 Å². The van der Waals surface area contributed by atoms with E-state index in [1.165, 1.54) is 5.31 Å². The van der Waals surface area contributed by atoms with Gasteiger partial charge in [0, 0.05) is 13.6 Å². The Morgan fingerprint density at radius 2 is 1.48 bits per heavy atom. The van der Waals surface area contributed by atoms with Crippen LogP contribution in [0.1, 0.15) is 61.0 Å². The molecule has 0 saturated heterocycles. The third kappa shape index (κ3) is 3.76. The van der Waals surface area contributed by atoms with E-state index in [0.29, 0.717) is 10.9 Å². The summed E-state index contributed by atoms with van der Waals surface area (Å²) in [6, 6.07) is 9.97. The zero-order valence-corrected chi connectivity index (χ0v) is 20.8. The lowest BCUT2D eigenvalue weighted by Crippen LogP contribution is -2.48. The summed E-state index contributed by atoms with van der Waals surface area (Å²) in [5.41, 5.74) is -0.00449. The van der Waals surface area contributed by atoms with E-state index in [0.717, 1.165) is 5.56 Å². The molecule has 0 radical (unpaired) electrons. The van der Waals surface area contributed by atoms with Crippen LogP contribution in [0.3, 0.4) is 0 Å². The molecule has 0 N–H and O–H groups in total. The van der Waals surface area contributed by atoms with E-state index in [4.69, 9.17) is 9.47 Å². The summed E-state index contributed by atoms with van der Waals surface area (Å²) >= 11 is 0. The molecule has 0 spiro atoms. The first-order chi connectivity index (χ1) is 14.4. The van der Waals surface area contributed by atoms with Gasteiger partial charge in [-0.3, -0.25) is 4.67 Å². The first-order valence-electron chi connectivity index (χ1n) is 10.9. The summed E-state index contributed by atoms with van der Waals surface area (Å²) in [6.45, 7) is 17.0. The van der Waals surface area contributed by atoms with Gasteiger partial charge in [0.05, 0.1) is 24.1 Å². The minimum atomic E-state index is -1.24. The first kappa shape index (κ1) is 23.7. The Bertz CT molecular complexity index is 937. The van der Waals surface area contributed by atoms with Crippen molar-refractivity contribution < 1.29 is 19.1 Å². The van der Waals surface area contributed by atoms with Crippen LogP contribution >= 0.6 is 8.07 Å². The van der Waals surface area contributed by atoms with Gasteiger partial charge in [-0.15, -0.1) is 0 Å². The minimum Gasteiger partial charge on any atom is -0.463 e. The zero-order valence-electron chi connectivity index (χ0n) is 19.9. The molecule has 0 aliphatic carbocycles. The van der Waals surface area contributed by atoms with Gasteiger partial charge in [0.2, 0.25) is 0 Å². The SMILES string of the molecule is CCOC(=O)C1=C(C(=O)OCC)[C@]2(c3ccccc3)C=C(C(C)(C)C)P1N2C(C)(C)C. The van der Waals surface area contributed by atoms with Crippen molar-refractivity contribution in [3.63, 3.8) is 0 Å². The van der Waals surface area contributed by atoms with Crippen LogP contribution in [0.25, 0.3) is 0 Å². The number of hydrogen-bond donors (Lipinski definition) is 0. The van der Waals surface area contributed by atoms with Crippen molar-refractivity contribution in [2.75, 3.05) is 13.2 Å². The standard InChI is InChI=1S/C25H34NO4P/c1-9-29-21(27)19-20(22(28)30-10-2)31-18(23(3,4)5)16-25(19,26(31)24(6,7)8)17-14-12-11-13-15-17/h11-16H,9-10H2,1-8H3/t25-,31?/m1/s1. The predicted molar refractivity (Wildman–Crippen MR) is 124 cm³/mol. The Morgan fingerprint density at radius 1 is 0.935 bits per heavy atom. The number of ether oxygens (including phenoxy) is 2. The maximum absolute atomic E-state index is 13.4. The normalized spacial score (nSPS) is 23.7. The molecule has 5 nitrogen and oxygen atoms in total. The highest BCUT2D eigenvalue weighted by Gasteiger charge is 2.65. The Morgan fingerprint density at radius 3 is 1.97 bits per heavy atom.